The van der Waals surface area contributed by atoms with Crippen molar-refractivity contribution < 1.29 is 14.3 Å². The highest BCUT2D eigenvalue weighted by Gasteiger charge is 2.24. The first kappa shape index (κ1) is 19.6. The smallest absolute Gasteiger partial charge is 0.255 e. The van der Waals surface area contributed by atoms with Gasteiger partial charge in [0.05, 0.1) is 30.2 Å². The van der Waals surface area contributed by atoms with Gasteiger partial charge in [0.15, 0.2) is 0 Å². The van der Waals surface area contributed by atoms with Crippen molar-refractivity contribution in [3.63, 3.8) is 0 Å². The van der Waals surface area contributed by atoms with Gasteiger partial charge in [0, 0.05) is 19.7 Å². The average Bonchev–Trinajstić information content (AvgIpc) is 3.32. The van der Waals surface area contributed by atoms with E-state index in [0.717, 1.165) is 0 Å². The number of rotatable bonds is 6. The van der Waals surface area contributed by atoms with Gasteiger partial charge in [-0.25, -0.2) is 4.39 Å². The van der Waals surface area contributed by atoms with E-state index < -0.39 is 11.4 Å². The number of nitrogens with zero attached hydrogens (tertiary/aromatic N) is 7. The Balaban J connectivity index is 1.79. The van der Waals surface area contributed by atoms with Crippen molar-refractivity contribution in [3.05, 3.63) is 53.9 Å². The summed E-state index contributed by atoms with van der Waals surface area (Å²) in [5.74, 6) is -0.797. The van der Waals surface area contributed by atoms with Gasteiger partial charge in [-0.3, -0.25) is 4.79 Å². The first-order valence-electron chi connectivity index (χ1n) is 8.73. The predicted molar refractivity (Wildman–Crippen MR) is 98.3 cm³/mol. The van der Waals surface area contributed by atoms with E-state index >= 15 is 0 Å². The molecule has 0 aliphatic heterocycles. The minimum atomic E-state index is -1.10. The summed E-state index contributed by atoms with van der Waals surface area (Å²) in [6.07, 6.45) is 4.41. The van der Waals surface area contributed by atoms with Crippen LogP contribution in [0, 0.1) is 5.82 Å². The van der Waals surface area contributed by atoms with Gasteiger partial charge < -0.3 is 10.0 Å². The van der Waals surface area contributed by atoms with Crippen molar-refractivity contribution in [2.45, 2.75) is 32.4 Å². The molecule has 1 N–H and O–H groups in total. The summed E-state index contributed by atoms with van der Waals surface area (Å²) in [5.41, 5.74) is -0.118. The van der Waals surface area contributed by atoms with Crippen LogP contribution in [-0.2, 0) is 5.60 Å². The largest absolute Gasteiger partial charge is 0.384 e. The van der Waals surface area contributed by atoms with Crippen LogP contribution in [0.3, 0.4) is 0 Å². The summed E-state index contributed by atoms with van der Waals surface area (Å²) in [6, 6.07) is 3.62. The third-order valence-corrected chi connectivity index (χ3v) is 4.24. The molecule has 0 fully saturated rings. The summed E-state index contributed by atoms with van der Waals surface area (Å²) >= 11 is 0. The molecule has 3 aromatic rings. The lowest BCUT2D eigenvalue weighted by molar-refractivity contribution is 0.0713. The molecule has 0 unspecified atom stereocenters. The summed E-state index contributed by atoms with van der Waals surface area (Å²) in [7, 11) is 1.64. The van der Waals surface area contributed by atoms with Crippen LogP contribution in [0.5, 0.6) is 0 Å². The number of benzene rings is 1. The fourth-order valence-electron chi connectivity index (χ4n) is 2.72. The first-order valence-corrected chi connectivity index (χ1v) is 8.73. The molecule has 1 atom stereocenters. The van der Waals surface area contributed by atoms with Gasteiger partial charge in [-0.2, -0.15) is 30.0 Å². The van der Waals surface area contributed by atoms with Crippen molar-refractivity contribution >= 4 is 5.91 Å². The Hall–Kier alpha value is -3.14. The third-order valence-electron chi connectivity index (χ3n) is 4.24. The molecule has 0 spiro atoms. The number of carbonyl (C=O) groups is 1. The van der Waals surface area contributed by atoms with Gasteiger partial charge in [0.25, 0.3) is 5.91 Å². The summed E-state index contributed by atoms with van der Waals surface area (Å²) < 4.78 is 13.7. The van der Waals surface area contributed by atoms with Gasteiger partial charge in [-0.05, 0) is 32.9 Å². The van der Waals surface area contributed by atoms with Crippen molar-refractivity contribution in [3.8, 4) is 5.69 Å². The topological polar surface area (TPSA) is 102 Å². The Bertz CT molecular complexity index is 963. The molecule has 9 nitrogen and oxygen atoms in total. The molecule has 28 heavy (non-hydrogen) atoms. The zero-order valence-electron chi connectivity index (χ0n) is 16.1. The molecule has 1 amide bonds. The number of amides is 1. The zero-order chi connectivity index (χ0) is 20.5. The summed E-state index contributed by atoms with van der Waals surface area (Å²) in [5, 5.41) is 26.4. The first-order chi connectivity index (χ1) is 13.2. The molecule has 1 aromatic carbocycles. The molecule has 0 radical (unpaired) electrons. The van der Waals surface area contributed by atoms with Crippen LogP contribution in [0.4, 0.5) is 4.39 Å². The molecule has 148 valence electrons. The number of carbonyl (C=O) groups excluding carboxylic acids is 1. The second kappa shape index (κ2) is 7.47. The second-order valence-corrected chi connectivity index (χ2v) is 7.12. The van der Waals surface area contributed by atoms with Crippen LogP contribution < -0.4 is 0 Å². The van der Waals surface area contributed by atoms with E-state index in [-0.39, 0.29) is 23.2 Å². The van der Waals surface area contributed by atoms with Crippen LogP contribution in [0.15, 0.2) is 36.8 Å². The van der Waals surface area contributed by atoms with Crippen molar-refractivity contribution in [2.24, 2.45) is 0 Å². The number of hydrogen-bond donors (Lipinski definition) is 1. The molecular formula is C18H22FN7O2. The molecule has 0 aliphatic carbocycles. The molecule has 0 saturated heterocycles. The lowest BCUT2D eigenvalue weighted by Crippen LogP contribution is -2.33. The van der Waals surface area contributed by atoms with Crippen molar-refractivity contribution in [1.82, 2.24) is 34.9 Å². The number of halogens is 1. The van der Waals surface area contributed by atoms with E-state index in [0.29, 0.717) is 12.2 Å². The van der Waals surface area contributed by atoms with E-state index in [4.69, 9.17) is 0 Å². The predicted octanol–water partition coefficient (Wildman–Crippen LogP) is 1.56. The summed E-state index contributed by atoms with van der Waals surface area (Å²) in [4.78, 5) is 17.1. The maximum atomic E-state index is 13.7. The second-order valence-electron chi connectivity index (χ2n) is 7.12. The van der Waals surface area contributed by atoms with Crippen LogP contribution >= 0.6 is 0 Å². The number of likely N-dealkylation sites (N-methyl/N-ethyl adjacent to an activating group) is 1. The average molecular weight is 387 g/mol. The molecule has 0 aliphatic rings. The van der Waals surface area contributed by atoms with Crippen molar-refractivity contribution in [2.75, 3.05) is 13.6 Å². The quantitative estimate of drug-likeness (QED) is 0.689. The summed E-state index contributed by atoms with van der Waals surface area (Å²) in [6.45, 7) is 5.42. The number of aromatic nitrogens is 6. The third kappa shape index (κ3) is 4.06. The Morgan fingerprint density at radius 2 is 1.96 bits per heavy atom. The van der Waals surface area contributed by atoms with E-state index in [1.54, 1.807) is 20.9 Å². The van der Waals surface area contributed by atoms with Gasteiger partial charge in [-0.15, -0.1) is 0 Å². The SMILES string of the molecule is C[C@H](CN(C)C(=O)c1ccc(F)cc1-n1nccn1)n1ncc(C(C)(C)O)n1. The van der Waals surface area contributed by atoms with E-state index in [2.05, 4.69) is 20.4 Å². The fourth-order valence-corrected chi connectivity index (χ4v) is 2.72. The van der Waals surface area contributed by atoms with Gasteiger partial charge >= 0.3 is 0 Å². The van der Waals surface area contributed by atoms with Crippen LogP contribution in [0.1, 0.15) is 42.9 Å². The molecule has 0 bridgehead atoms. The number of aliphatic hydroxyl groups is 1. The lowest BCUT2D eigenvalue weighted by Gasteiger charge is -2.22. The van der Waals surface area contributed by atoms with Gasteiger partial charge in [0.2, 0.25) is 0 Å². The maximum Gasteiger partial charge on any atom is 0.255 e. The molecule has 0 saturated carbocycles. The Kier molecular flexibility index (Phi) is 5.23. The van der Waals surface area contributed by atoms with Gasteiger partial charge in [-0.1, -0.05) is 0 Å². The van der Waals surface area contributed by atoms with Crippen LogP contribution in [0.25, 0.3) is 5.69 Å². The molecule has 2 aromatic heterocycles. The van der Waals surface area contributed by atoms with E-state index in [1.165, 1.54) is 51.3 Å². The van der Waals surface area contributed by atoms with Crippen molar-refractivity contribution in [1.29, 1.82) is 0 Å². The Morgan fingerprint density at radius 3 is 2.57 bits per heavy atom. The van der Waals surface area contributed by atoms with Gasteiger partial charge in [0.1, 0.15) is 22.8 Å². The maximum absolute atomic E-state index is 13.7. The minimum Gasteiger partial charge on any atom is -0.384 e. The fraction of sp³-hybridized carbons (Fsp3) is 0.389. The zero-order valence-corrected chi connectivity index (χ0v) is 16.1. The number of hydrogen-bond acceptors (Lipinski definition) is 6. The monoisotopic (exact) mass is 387 g/mol. The van der Waals surface area contributed by atoms with E-state index in [9.17, 15) is 14.3 Å². The van der Waals surface area contributed by atoms with Crippen LogP contribution in [0.2, 0.25) is 0 Å². The highest BCUT2D eigenvalue weighted by atomic mass is 19.1. The lowest BCUT2D eigenvalue weighted by atomic mass is 10.1. The highest BCUT2D eigenvalue weighted by Crippen LogP contribution is 2.19. The van der Waals surface area contributed by atoms with Crippen LogP contribution in [-0.4, -0.2) is 59.5 Å². The molecule has 10 heteroatoms. The molecular weight excluding hydrogens is 365 g/mol. The normalized spacial score (nSPS) is 12.8. The Morgan fingerprint density at radius 1 is 1.29 bits per heavy atom. The minimum absolute atomic E-state index is 0.239. The molecule has 2 heterocycles. The molecule has 3 rings (SSSR count). The Labute approximate surface area is 161 Å². The highest BCUT2D eigenvalue weighted by molar-refractivity contribution is 5.97. The van der Waals surface area contributed by atoms with E-state index in [1.807, 2.05) is 6.92 Å². The standard InChI is InChI=1S/C18H22FN7O2/c1-12(25-22-10-16(23-25)18(2,3)28)11-24(4)17(27)14-6-5-13(19)9-15(14)26-20-7-8-21-26/h5-10,12,28H,11H2,1-4H3/t12-/m1/s1.